The van der Waals surface area contributed by atoms with Crippen LogP contribution in [0.5, 0.6) is 0 Å². The van der Waals surface area contributed by atoms with Crippen LogP contribution in [0.4, 0.5) is 18.9 Å². The zero-order valence-electron chi connectivity index (χ0n) is 40.3. The van der Waals surface area contributed by atoms with E-state index in [0.717, 1.165) is 37.8 Å². The van der Waals surface area contributed by atoms with Gasteiger partial charge in [0, 0.05) is 36.4 Å². The second-order valence-electron chi connectivity index (χ2n) is 19.2. The van der Waals surface area contributed by atoms with Gasteiger partial charge < -0.3 is 19.4 Å². The first-order valence-corrected chi connectivity index (χ1v) is 31.1. The molecule has 0 aromatic heterocycles. The zero-order valence-corrected chi connectivity index (χ0v) is 44.7. The van der Waals surface area contributed by atoms with Crippen molar-refractivity contribution in [2.45, 2.75) is 90.2 Å². The molecule has 0 saturated carbocycles. The van der Waals surface area contributed by atoms with Crippen molar-refractivity contribution in [3.63, 3.8) is 0 Å². The number of sulfone groups is 1. The van der Waals surface area contributed by atoms with Crippen molar-refractivity contribution in [1.82, 2.24) is 4.90 Å². The topological polar surface area (TPSA) is 139 Å². The molecule has 0 aliphatic rings. The molecule has 0 heterocycles. The van der Waals surface area contributed by atoms with E-state index in [1.165, 1.54) is 11.8 Å². The molecule has 0 amide bonds. The van der Waals surface area contributed by atoms with Gasteiger partial charge in [0.15, 0.2) is 0 Å². The molecule has 374 valence electrons. The van der Waals surface area contributed by atoms with Crippen molar-refractivity contribution in [3.05, 3.63) is 170 Å². The summed E-state index contributed by atoms with van der Waals surface area (Å²) in [4.78, 5) is 14.2. The summed E-state index contributed by atoms with van der Waals surface area (Å²) in [7, 11) is -16.9. The number of thioether (sulfide) groups is 1. The minimum Gasteiger partial charge on any atom is -0.424 e. The second kappa shape index (κ2) is 22.9. The van der Waals surface area contributed by atoms with E-state index in [1.807, 2.05) is 127 Å². The van der Waals surface area contributed by atoms with Gasteiger partial charge in [-0.25, -0.2) is 22.0 Å². The number of sulfonamides is 1. The van der Waals surface area contributed by atoms with E-state index >= 15 is 0 Å². The van der Waals surface area contributed by atoms with Crippen LogP contribution < -0.4 is 31.2 Å². The van der Waals surface area contributed by atoms with Crippen molar-refractivity contribution < 1.29 is 39.2 Å². The van der Waals surface area contributed by atoms with Crippen LogP contribution in [0.15, 0.2) is 185 Å². The molecule has 17 heteroatoms. The van der Waals surface area contributed by atoms with E-state index in [0.29, 0.717) is 57.3 Å². The number of rotatable bonds is 23. The summed E-state index contributed by atoms with van der Waals surface area (Å²) in [6.45, 7) is 12.7. The Hall–Kier alpha value is -4.57. The summed E-state index contributed by atoms with van der Waals surface area (Å²) < 4.78 is 101. The number of hydrogen-bond donors (Lipinski definition) is 3. The highest BCUT2D eigenvalue weighted by Crippen LogP contribution is 2.41. The van der Waals surface area contributed by atoms with Crippen LogP contribution in [-0.2, 0) is 24.3 Å². The third kappa shape index (κ3) is 12.7. The Kier molecular flexibility index (Phi) is 17.9. The van der Waals surface area contributed by atoms with Crippen LogP contribution >= 0.6 is 11.8 Å². The van der Waals surface area contributed by atoms with E-state index in [-0.39, 0.29) is 5.04 Å². The molecule has 0 aliphatic heterocycles. The molecule has 6 rings (SSSR count). The molecule has 6 aromatic rings. The molecule has 0 radical (unpaired) electrons. The maximum absolute atomic E-state index is 14.2. The van der Waals surface area contributed by atoms with Gasteiger partial charge in [-0.05, 0) is 87.0 Å². The van der Waals surface area contributed by atoms with E-state index < -0.39 is 68.6 Å². The zero-order chi connectivity index (χ0) is 50.9. The van der Waals surface area contributed by atoms with Crippen LogP contribution in [0.25, 0.3) is 0 Å². The molecule has 0 aliphatic carbocycles. The van der Waals surface area contributed by atoms with Gasteiger partial charge in [-0.1, -0.05) is 174 Å². The Labute approximate surface area is 418 Å². The number of primary sulfonamides is 1. The minimum absolute atomic E-state index is 0.286. The number of halogens is 3. The quantitative estimate of drug-likeness (QED) is 0.0425. The van der Waals surface area contributed by atoms with Gasteiger partial charge in [0.2, 0.25) is 10.0 Å². The third-order valence-corrected chi connectivity index (χ3v) is 26.2. The van der Waals surface area contributed by atoms with Crippen molar-refractivity contribution in [3.8, 4) is 0 Å². The van der Waals surface area contributed by atoms with E-state index in [9.17, 15) is 34.8 Å². The Balaban J connectivity index is 1.35. The summed E-state index contributed by atoms with van der Waals surface area (Å²) in [6, 6.07) is 51.7. The average molecular weight is 1050 g/mol. The molecule has 0 saturated heterocycles. The fourth-order valence-corrected chi connectivity index (χ4v) is 20.2. The monoisotopic (exact) mass is 1050 g/mol. The second-order valence-corrected chi connectivity index (χ2v) is 32.0. The Bertz CT molecular complexity index is 2750. The van der Waals surface area contributed by atoms with Crippen LogP contribution in [-0.4, -0.2) is 86.7 Å². The number of alkyl halides is 3. The maximum atomic E-state index is 14.2. The Morgan fingerprint density at radius 3 is 1.60 bits per heavy atom. The summed E-state index contributed by atoms with van der Waals surface area (Å²) in [5.41, 5.74) is -6.11. The van der Waals surface area contributed by atoms with E-state index in [1.54, 1.807) is 0 Å². The number of nitrogens with one attached hydrogen (secondary N) is 1. The molecule has 0 unspecified atom stereocenters. The largest absolute Gasteiger partial charge is 0.501 e. The predicted molar refractivity (Wildman–Crippen MR) is 284 cm³/mol. The number of hydrogen-bond acceptors (Lipinski definition) is 9. The van der Waals surface area contributed by atoms with Gasteiger partial charge in [0.05, 0.1) is 10.6 Å². The number of anilines is 1. The van der Waals surface area contributed by atoms with Crippen molar-refractivity contribution >= 4 is 74.7 Å². The summed E-state index contributed by atoms with van der Waals surface area (Å²) in [5.74, 6) is 0.318. The maximum Gasteiger partial charge on any atom is 0.501 e. The smallest absolute Gasteiger partial charge is 0.424 e. The third-order valence-electron chi connectivity index (χ3n) is 13.0. The molecule has 0 bridgehead atoms. The lowest BCUT2D eigenvalue weighted by molar-refractivity contribution is -0.0435. The number of nitrogens with two attached hydrogens (primary N) is 1. The first-order chi connectivity index (χ1) is 33.0. The van der Waals surface area contributed by atoms with Crippen molar-refractivity contribution in [1.29, 1.82) is 0 Å². The summed E-state index contributed by atoms with van der Waals surface area (Å²) in [6.07, 6.45) is 1.69. The fourth-order valence-electron chi connectivity index (χ4n) is 9.27. The normalized spacial score (nSPS) is 13.6. The average Bonchev–Trinajstić information content (AvgIpc) is 3.33. The van der Waals surface area contributed by atoms with Gasteiger partial charge in [-0.2, -0.15) is 13.2 Å². The van der Waals surface area contributed by atoms with Gasteiger partial charge in [-0.3, -0.25) is 0 Å². The lowest BCUT2D eigenvalue weighted by Crippen LogP contribution is -2.67. The fraction of sp³-hybridized carbons (Fsp3) is 0.321. The molecule has 70 heavy (non-hydrogen) atoms. The molecular formula is C53H64F3N3O6S3Si2. The first-order valence-electron chi connectivity index (χ1n) is 23.2. The molecule has 1 atom stereocenters. The highest BCUT2D eigenvalue weighted by atomic mass is 32.2. The predicted octanol–water partition coefficient (Wildman–Crippen LogP) is 8.78. The van der Waals surface area contributed by atoms with E-state index in [2.05, 4.69) is 69.1 Å². The van der Waals surface area contributed by atoms with Crippen LogP contribution in [0, 0.1) is 0 Å². The molecule has 0 fully saturated rings. The molecule has 9 nitrogen and oxygen atoms in total. The van der Waals surface area contributed by atoms with Crippen molar-refractivity contribution in [2.24, 2.45) is 5.14 Å². The first kappa shape index (κ1) is 54.8. The van der Waals surface area contributed by atoms with Gasteiger partial charge in [0.25, 0.3) is 26.5 Å². The van der Waals surface area contributed by atoms with Gasteiger partial charge in [-0.15, -0.1) is 11.8 Å². The Morgan fingerprint density at radius 2 is 1.14 bits per heavy atom. The highest BCUT2D eigenvalue weighted by Gasteiger charge is 2.52. The molecule has 6 aromatic carbocycles. The van der Waals surface area contributed by atoms with Crippen LogP contribution in [0.2, 0.25) is 10.1 Å². The molecule has 4 N–H and O–H groups in total. The van der Waals surface area contributed by atoms with Crippen LogP contribution in [0.1, 0.15) is 53.9 Å². The Morgan fingerprint density at radius 1 is 0.671 bits per heavy atom. The number of benzene rings is 6. The SMILES string of the molecule is CC(C)(CCCN(CCO[Si](c1ccccc1)(c1ccccc1)C(C)(C)C)CC[C@H](CSc1ccccc1)Nc1ccc(S(N)(=O)=O)cc1S(=O)(=O)C(F)(F)F)[Si](O)(c1ccccc1)c1ccccc1. The lowest BCUT2D eigenvalue weighted by atomic mass is 10.1. The molecule has 0 spiro atoms. The highest BCUT2D eigenvalue weighted by molar-refractivity contribution is 7.99. The lowest BCUT2D eigenvalue weighted by Gasteiger charge is -2.43. The standard InChI is InChI=1S/C53H64F3N3O6S3Si2/c1-51(2,3)70(47-28-17-9-18-29-47,48-30-19-10-20-31-48)65-39-38-59(36-21-35-52(4,5)69(64,45-24-13-7-14-25-45)46-26-15-8-16-27-46)37-34-42(41-66-43-22-11-6-12-23-43)58-49-33-32-44(68(57,62)63)40-50(49)67(60,61)53(54,55)56/h6-20,22-33,40,42,58,64H,21,34-39,41H2,1-5H3,(H2,57,62,63)/t42-/m1/s1. The summed E-state index contributed by atoms with van der Waals surface area (Å²) >= 11 is 1.45. The van der Waals surface area contributed by atoms with Crippen LogP contribution in [0.3, 0.4) is 0 Å². The van der Waals surface area contributed by atoms with Gasteiger partial charge in [0.1, 0.15) is 4.90 Å². The van der Waals surface area contributed by atoms with E-state index in [4.69, 9.17) is 9.56 Å². The van der Waals surface area contributed by atoms with Gasteiger partial charge >= 0.3 is 5.51 Å². The molecular weight excluding hydrogens is 984 g/mol. The minimum atomic E-state index is -6.03. The number of nitrogens with zero attached hydrogens (tertiary/aromatic N) is 1. The van der Waals surface area contributed by atoms with Crippen molar-refractivity contribution in [2.75, 3.05) is 37.3 Å². The summed E-state index contributed by atoms with van der Waals surface area (Å²) in [5, 5.41) is 11.6.